The van der Waals surface area contributed by atoms with Crippen molar-refractivity contribution in [3.63, 3.8) is 0 Å². The Morgan fingerprint density at radius 3 is 2.73 bits per heavy atom. The van der Waals surface area contributed by atoms with Crippen LogP contribution in [0.15, 0.2) is 35.9 Å². The van der Waals surface area contributed by atoms with E-state index in [0.717, 1.165) is 29.7 Å². The van der Waals surface area contributed by atoms with E-state index < -0.39 is 5.97 Å². The maximum Gasteiger partial charge on any atom is 0.303 e. The van der Waals surface area contributed by atoms with Crippen LogP contribution in [0.5, 0.6) is 0 Å². The molecule has 1 amide bonds. The summed E-state index contributed by atoms with van der Waals surface area (Å²) < 4.78 is 0. The molecule has 0 saturated heterocycles. The molecule has 6 heteroatoms. The van der Waals surface area contributed by atoms with Gasteiger partial charge in [-0.2, -0.15) is 0 Å². The number of hydrogen-bond donors (Lipinski definition) is 3. The first-order chi connectivity index (χ1) is 14.3. The number of carboxylic acid groups (broad SMARTS) is 1. The van der Waals surface area contributed by atoms with Crippen molar-refractivity contribution in [3.8, 4) is 0 Å². The zero-order chi connectivity index (χ0) is 21.7. The van der Waals surface area contributed by atoms with Crippen molar-refractivity contribution in [3.05, 3.63) is 41.7 Å². The number of allylic oxidation sites excluding steroid dienone is 1. The summed E-state index contributed by atoms with van der Waals surface area (Å²) in [6.45, 7) is 7.30. The molecule has 1 aromatic carbocycles. The fourth-order valence-electron chi connectivity index (χ4n) is 4.56. The van der Waals surface area contributed by atoms with Gasteiger partial charge >= 0.3 is 5.97 Å². The third-order valence-electron chi connectivity index (χ3n) is 6.29. The number of para-hydroxylation sites is 2. The number of aliphatic carboxylic acids is 1. The van der Waals surface area contributed by atoms with Gasteiger partial charge in [0.15, 0.2) is 0 Å². The van der Waals surface area contributed by atoms with E-state index in [1.165, 1.54) is 5.57 Å². The van der Waals surface area contributed by atoms with Gasteiger partial charge in [0.05, 0.1) is 11.0 Å². The summed E-state index contributed by atoms with van der Waals surface area (Å²) in [7, 11) is 0. The number of carbonyl (C=O) groups excluding carboxylic acids is 1. The number of nitrogens with one attached hydrogen (secondary N) is 2. The minimum atomic E-state index is -0.857. The number of carboxylic acids is 1. The highest BCUT2D eigenvalue weighted by Gasteiger charge is 2.32. The second kappa shape index (κ2) is 9.92. The van der Waals surface area contributed by atoms with Gasteiger partial charge in [0.2, 0.25) is 5.91 Å². The maximum absolute atomic E-state index is 12.1. The number of rotatable bonds is 9. The lowest BCUT2D eigenvalue weighted by atomic mass is 9.69. The molecule has 2 aromatic rings. The first-order valence-electron chi connectivity index (χ1n) is 10.9. The van der Waals surface area contributed by atoms with Crippen molar-refractivity contribution in [1.82, 2.24) is 15.3 Å². The average Bonchev–Trinajstić information content (AvgIpc) is 3.10. The van der Waals surface area contributed by atoms with Crippen molar-refractivity contribution >= 4 is 22.9 Å². The smallest absolute Gasteiger partial charge is 0.303 e. The van der Waals surface area contributed by atoms with Crippen LogP contribution in [-0.4, -0.2) is 33.5 Å². The van der Waals surface area contributed by atoms with E-state index in [1.807, 2.05) is 18.2 Å². The lowest BCUT2D eigenvalue weighted by Gasteiger charge is -2.37. The molecule has 0 fully saturated rings. The summed E-state index contributed by atoms with van der Waals surface area (Å²) in [5, 5.41) is 11.7. The molecule has 162 valence electrons. The van der Waals surface area contributed by atoms with Gasteiger partial charge in [-0.1, -0.05) is 37.6 Å². The van der Waals surface area contributed by atoms with Gasteiger partial charge in [-0.25, -0.2) is 4.98 Å². The first-order valence-corrected chi connectivity index (χ1v) is 10.9. The number of hydrogen-bond acceptors (Lipinski definition) is 3. The molecule has 0 radical (unpaired) electrons. The maximum atomic E-state index is 12.1. The van der Waals surface area contributed by atoms with Crippen LogP contribution in [0, 0.1) is 23.7 Å². The molecular formula is C24H33N3O3. The quantitative estimate of drug-likeness (QED) is 0.535. The molecule has 3 rings (SSSR count). The van der Waals surface area contributed by atoms with Crippen LogP contribution >= 0.6 is 0 Å². The van der Waals surface area contributed by atoms with Gasteiger partial charge < -0.3 is 15.4 Å². The molecule has 0 saturated carbocycles. The number of aromatic amines is 1. The molecule has 3 atom stereocenters. The van der Waals surface area contributed by atoms with Crippen molar-refractivity contribution in [1.29, 1.82) is 0 Å². The largest absolute Gasteiger partial charge is 0.481 e. The van der Waals surface area contributed by atoms with Gasteiger partial charge in [-0.05, 0) is 55.6 Å². The summed E-state index contributed by atoms with van der Waals surface area (Å²) in [6, 6.07) is 8.12. The number of amides is 1. The molecule has 1 aromatic heterocycles. The number of H-pyrrole nitrogens is 1. The number of nitrogens with zero attached hydrogens (tertiary/aromatic N) is 1. The van der Waals surface area contributed by atoms with Gasteiger partial charge in [0.1, 0.15) is 5.82 Å². The molecule has 6 nitrogen and oxygen atoms in total. The summed E-state index contributed by atoms with van der Waals surface area (Å²) in [5.74, 6) is 1.87. The number of imidazole rings is 1. The number of aromatic nitrogens is 2. The summed E-state index contributed by atoms with van der Waals surface area (Å²) in [4.78, 5) is 30.9. The van der Waals surface area contributed by atoms with Gasteiger partial charge in [-0.15, -0.1) is 0 Å². The number of benzene rings is 1. The fraction of sp³-hybridized carbons (Fsp3) is 0.542. The van der Waals surface area contributed by atoms with E-state index in [-0.39, 0.29) is 18.7 Å². The van der Waals surface area contributed by atoms with E-state index in [1.54, 1.807) is 0 Å². The highest BCUT2D eigenvalue weighted by atomic mass is 16.4. The molecular weight excluding hydrogens is 378 g/mol. The van der Waals surface area contributed by atoms with Crippen molar-refractivity contribution < 1.29 is 14.7 Å². The van der Waals surface area contributed by atoms with Gasteiger partial charge in [0, 0.05) is 25.8 Å². The standard InChI is InChI=1S/C24H33N3O3/c1-15(2)19-12-17(13-22-26-20-7-4-5-8-21(20)27-22)16(3)11-18(19)14-25-23(28)9-6-10-24(29)30/h4-5,7-8,11,15,17-19H,6,9-10,12-14H2,1-3H3,(H,25,28)(H,26,27)(H,29,30). The third kappa shape index (κ3) is 5.71. The molecule has 30 heavy (non-hydrogen) atoms. The fourth-order valence-corrected chi connectivity index (χ4v) is 4.56. The Morgan fingerprint density at radius 2 is 2.03 bits per heavy atom. The van der Waals surface area contributed by atoms with Crippen LogP contribution in [0.25, 0.3) is 11.0 Å². The molecule has 3 unspecified atom stereocenters. The van der Waals surface area contributed by atoms with Crippen LogP contribution in [0.4, 0.5) is 0 Å². The second-order valence-corrected chi connectivity index (χ2v) is 8.87. The van der Waals surface area contributed by atoms with Crippen LogP contribution in [0.2, 0.25) is 0 Å². The van der Waals surface area contributed by atoms with Crippen molar-refractivity contribution in [2.75, 3.05) is 6.54 Å². The molecule has 0 bridgehead atoms. The van der Waals surface area contributed by atoms with Crippen molar-refractivity contribution in [2.45, 2.75) is 52.9 Å². The topological polar surface area (TPSA) is 95.1 Å². The van der Waals surface area contributed by atoms with E-state index in [9.17, 15) is 9.59 Å². The van der Waals surface area contributed by atoms with E-state index >= 15 is 0 Å². The van der Waals surface area contributed by atoms with Crippen LogP contribution in [0.1, 0.15) is 52.3 Å². The minimum absolute atomic E-state index is 0.0357. The second-order valence-electron chi connectivity index (χ2n) is 8.87. The Labute approximate surface area is 178 Å². The lowest BCUT2D eigenvalue weighted by Crippen LogP contribution is -2.37. The number of fused-ring (bicyclic) bond motifs is 1. The highest BCUT2D eigenvalue weighted by Crippen LogP contribution is 2.38. The minimum Gasteiger partial charge on any atom is -0.481 e. The summed E-state index contributed by atoms with van der Waals surface area (Å²) in [5.41, 5.74) is 3.44. The van der Waals surface area contributed by atoms with Gasteiger partial charge in [0.25, 0.3) is 0 Å². The predicted molar refractivity (Wildman–Crippen MR) is 118 cm³/mol. The van der Waals surface area contributed by atoms with E-state index in [0.29, 0.717) is 36.6 Å². The average molecular weight is 412 g/mol. The highest BCUT2D eigenvalue weighted by molar-refractivity contribution is 5.76. The third-order valence-corrected chi connectivity index (χ3v) is 6.29. The number of carbonyl (C=O) groups is 2. The van der Waals surface area contributed by atoms with Crippen LogP contribution < -0.4 is 5.32 Å². The molecule has 1 aliphatic carbocycles. The summed E-state index contributed by atoms with van der Waals surface area (Å²) in [6.07, 6.45) is 4.99. The molecule has 0 aliphatic heterocycles. The first kappa shape index (κ1) is 22.1. The Balaban J connectivity index is 1.62. The Bertz CT molecular complexity index is 882. The van der Waals surface area contributed by atoms with Crippen molar-refractivity contribution in [2.24, 2.45) is 23.7 Å². The molecule has 1 aliphatic rings. The van der Waals surface area contributed by atoms with E-state index in [4.69, 9.17) is 10.1 Å². The molecule has 0 spiro atoms. The molecule has 3 N–H and O–H groups in total. The monoisotopic (exact) mass is 411 g/mol. The normalized spacial score (nSPS) is 21.6. The van der Waals surface area contributed by atoms with Gasteiger partial charge in [-0.3, -0.25) is 9.59 Å². The Morgan fingerprint density at radius 1 is 1.27 bits per heavy atom. The Kier molecular flexibility index (Phi) is 7.29. The van der Waals surface area contributed by atoms with E-state index in [2.05, 4.69) is 43.2 Å². The Hall–Kier alpha value is -2.63. The lowest BCUT2D eigenvalue weighted by molar-refractivity contribution is -0.137. The summed E-state index contributed by atoms with van der Waals surface area (Å²) >= 11 is 0. The van der Waals surface area contributed by atoms with Crippen LogP contribution in [0.3, 0.4) is 0 Å². The van der Waals surface area contributed by atoms with Crippen LogP contribution in [-0.2, 0) is 16.0 Å². The SMILES string of the molecule is CC1=CC(CNC(=O)CCCC(=O)O)C(C(C)C)CC1Cc1nc2ccccc2[nH]1. The molecule has 1 heterocycles. The predicted octanol–water partition coefficient (Wildman–Crippen LogP) is 4.33. The zero-order valence-electron chi connectivity index (χ0n) is 18.1. The zero-order valence-corrected chi connectivity index (χ0v) is 18.1.